The fourth-order valence-corrected chi connectivity index (χ4v) is 1.89. The SMILES string of the molecule is CCOC(=O)C(F)[C@H](N)c1ccc(N(C)C)cc1Cl. The third-order valence-corrected chi connectivity index (χ3v) is 3.01. The van der Waals surface area contributed by atoms with Gasteiger partial charge in [0, 0.05) is 24.8 Å². The first-order valence-electron chi connectivity index (χ1n) is 5.91. The summed E-state index contributed by atoms with van der Waals surface area (Å²) >= 11 is 6.07. The number of anilines is 1. The van der Waals surface area contributed by atoms with Crippen molar-refractivity contribution in [2.24, 2.45) is 5.73 Å². The molecule has 0 fully saturated rings. The molecule has 106 valence electrons. The molecule has 0 radical (unpaired) electrons. The maximum atomic E-state index is 13.8. The van der Waals surface area contributed by atoms with Crippen LogP contribution in [0.15, 0.2) is 18.2 Å². The van der Waals surface area contributed by atoms with E-state index in [2.05, 4.69) is 4.74 Å². The number of esters is 1. The first-order valence-corrected chi connectivity index (χ1v) is 6.29. The third kappa shape index (κ3) is 3.81. The van der Waals surface area contributed by atoms with Crippen LogP contribution in [0.3, 0.4) is 0 Å². The van der Waals surface area contributed by atoms with Crippen LogP contribution in [0.5, 0.6) is 0 Å². The smallest absolute Gasteiger partial charge is 0.342 e. The van der Waals surface area contributed by atoms with E-state index in [1.807, 2.05) is 19.0 Å². The lowest BCUT2D eigenvalue weighted by Gasteiger charge is -2.19. The lowest BCUT2D eigenvalue weighted by atomic mass is 10.0. The molecule has 1 aromatic rings. The Morgan fingerprint density at radius 1 is 1.53 bits per heavy atom. The number of carbonyl (C=O) groups is 1. The van der Waals surface area contributed by atoms with Crippen LogP contribution in [0.2, 0.25) is 5.02 Å². The van der Waals surface area contributed by atoms with Gasteiger partial charge in [-0.1, -0.05) is 17.7 Å². The van der Waals surface area contributed by atoms with Crippen molar-refractivity contribution in [3.05, 3.63) is 28.8 Å². The van der Waals surface area contributed by atoms with Crippen molar-refractivity contribution in [2.45, 2.75) is 19.1 Å². The summed E-state index contributed by atoms with van der Waals surface area (Å²) in [6, 6.07) is 3.92. The second-order valence-electron chi connectivity index (χ2n) is 4.28. The summed E-state index contributed by atoms with van der Waals surface area (Å²) in [4.78, 5) is 13.2. The predicted molar refractivity (Wildman–Crippen MR) is 74.2 cm³/mol. The van der Waals surface area contributed by atoms with Gasteiger partial charge in [-0.2, -0.15) is 0 Å². The number of nitrogens with zero attached hydrogens (tertiary/aromatic N) is 1. The number of ether oxygens (including phenoxy) is 1. The van der Waals surface area contributed by atoms with Gasteiger partial charge < -0.3 is 15.4 Å². The van der Waals surface area contributed by atoms with E-state index in [1.165, 1.54) is 0 Å². The van der Waals surface area contributed by atoms with Gasteiger partial charge >= 0.3 is 5.97 Å². The Balaban J connectivity index is 2.93. The maximum Gasteiger partial charge on any atom is 0.342 e. The van der Waals surface area contributed by atoms with Crippen LogP contribution in [0.1, 0.15) is 18.5 Å². The Bertz CT molecular complexity index is 454. The zero-order valence-corrected chi connectivity index (χ0v) is 11.9. The minimum Gasteiger partial charge on any atom is -0.464 e. The van der Waals surface area contributed by atoms with Crippen LogP contribution in [-0.4, -0.2) is 32.8 Å². The Morgan fingerprint density at radius 3 is 2.63 bits per heavy atom. The fraction of sp³-hybridized carbons (Fsp3) is 0.462. The summed E-state index contributed by atoms with van der Waals surface area (Å²) in [5, 5.41) is 0.325. The van der Waals surface area contributed by atoms with Gasteiger partial charge in [-0.15, -0.1) is 0 Å². The predicted octanol–water partition coefficient (Wildman–Crippen LogP) is 2.31. The molecule has 0 heterocycles. The fourth-order valence-electron chi connectivity index (χ4n) is 1.59. The molecule has 2 N–H and O–H groups in total. The number of benzene rings is 1. The summed E-state index contributed by atoms with van der Waals surface area (Å²) in [5.74, 6) is -0.970. The quantitative estimate of drug-likeness (QED) is 0.845. The van der Waals surface area contributed by atoms with Crippen molar-refractivity contribution in [3.8, 4) is 0 Å². The molecule has 0 saturated heterocycles. The largest absolute Gasteiger partial charge is 0.464 e. The minimum absolute atomic E-state index is 0.110. The van der Waals surface area contributed by atoms with Crippen LogP contribution in [0, 0.1) is 0 Å². The van der Waals surface area contributed by atoms with Crippen molar-refractivity contribution >= 4 is 23.3 Å². The molecule has 0 aliphatic carbocycles. The molecule has 0 aliphatic rings. The maximum absolute atomic E-state index is 13.8. The number of carbonyl (C=O) groups excluding carboxylic acids is 1. The van der Waals surface area contributed by atoms with Gasteiger partial charge in [0.25, 0.3) is 0 Å². The summed E-state index contributed by atoms with van der Waals surface area (Å²) < 4.78 is 18.4. The second-order valence-corrected chi connectivity index (χ2v) is 4.69. The van der Waals surface area contributed by atoms with Gasteiger partial charge in [-0.25, -0.2) is 9.18 Å². The van der Waals surface area contributed by atoms with Gasteiger partial charge in [0.2, 0.25) is 6.17 Å². The van der Waals surface area contributed by atoms with E-state index in [-0.39, 0.29) is 6.61 Å². The number of rotatable bonds is 5. The molecule has 19 heavy (non-hydrogen) atoms. The number of nitrogens with two attached hydrogens (primary N) is 1. The first-order chi connectivity index (χ1) is 8.88. The van der Waals surface area contributed by atoms with Gasteiger partial charge in [-0.05, 0) is 24.6 Å². The molecule has 1 unspecified atom stereocenters. The minimum atomic E-state index is -1.93. The Hall–Kier alpha value is -1.33. The molecule has 4 nitrogen and oxygen atoms in total. The monoisotopic (exact) mass is 288 g/mol. The van der Waals surface area contributed by atoms with Gasteiger partial charge in [0.15, 0.2) is 0 Å². The molecule has 2 atom stereocenters. The van der Waals surface area contributed by atoms with Crippen LogP contribution < -0.4 is 10.6 Å². The average Bonchev–Trinajstić information content (AvgIpc) is 2.37. The van der Waals surface area contributed by atoms with Crippen molar-refractivity contribution in [3.63, 3.8) is 0 Å². The molecule has 0 amide bonds. The number of hydrogen-bond donors (Lipinski definition) is 1. The Morgan fingerprint density at radius 2 is 2.16 bits per heavy atom. The molecular formula is C13H18ClFN2O2. The van der Waals surface area contributed by atoms with Gasteiger partial charge in [0.1, 0.15) is 0 Å². The zero-order valence-electron chi connectivity index (χ0n) is 11.2. The summed E-state index contributed by atoms with van der Waals surface area (Å²) in [6.07, 6.45) is -1.93. The number of halogens is 2. The van der Waals surface area contributed by atoms with E-state index in [1.54, 1.807) is 25.1 Å². The van der Waals surface area contributed by atoms with E-state index in [4.69, 9.17) is 17.3 Å². The van der Waals surface area contributed by atoms with Crippen molar-refractivity contribution in [1.29, 1.82) is 0 Å². The van der Waals surface area contributed by atoms with Crippen molar-refractivity contribution in [1.82, 2.24) is 0 Å². The molecule has 0 spiro atoms. The normalized spacial score (nSPS) is 13.8. The highest BCUT2D eigenvalue weighted by atomic mass is 35.5. The standard InChI is InChI=1S/C13H18ClFN2O2/c1-4-19-13(18)11(15)12(16)9-6-5-8(17(2)3)7-10(9)14/h5-7,11-12H,4,16H2,1-3H3/t11?,12-/m1/s1. The molecule has 0 saturated carbocycles. The number of hydrogen-bond acceptors (Lipinski definition) is 4. The van der Waals surface area contributed by atoms with Crippen molar-refractivity contribution < 1.29 is 13.9 Å². The molecule has 0 bridgehead atoms. The molecule has 0 aliphatic heterocycles. The number of alkyl halides is 1. The molecule has 6 heteroatoms. The Labute approximate surface area is 117 Å². The molecule has 1 rings (SSSR count). The summed E-state index contributed by atoms with van der Waals surface area (Å²) in [5.41, 5.74) is 6.97. The van der Waals surface area contributed by atoms with E-state index >= 15 is 0 Å². The topological polar surface area (TPSA) is 55.6 Å². The highest BCUT2D eigenvalue weighted by Gasteiger charge is 2.29. The van der Waals surface area contributed by atoms with Crippen LogP contribution in [-0.2, 0) is 9.53 Å². The van der Waals surface area contributed by atoms with Crippen LogP contribution in [0.4, 0.5) is 10.1 Å². The molecule has 0 aromatic heterocycles. The van der Waals surface area contributed by atoms with E-state index < -0.39 is 18.2 Å². The average molecular weight is 289 g/mol. The lowest BCUT2D eigenvalue weighted by Crippen LogP contribution is -2.31. The summed E-state index contributed by atoms with van der Waals surface area (Å²) in [6.45, 7) is 1.72. The molecular weight excluding hydrogens is 271 g/mol. The van der Waals surface area contributed by atoms with E-state index in [0.717, 1.165) is 5.69 Å². The van der Waals surface area contributed by atoms with Gasteiger partial charge in [0.05, 0.1) is 12.6 Å². The van der Waals surface area contributed by atoms with Crippen LogP contribution in [0.25, 0.3) is 0 Å². The first kappa shape index (κ1) is 15.7. The highest BCUT2D eigenvalue weighted by Crippen LogP contribution is 2.29. The highest BCUT2D eigenvalue weighted by molar-refractivity contribution is 6.31. The Kier molecular flexibility index (Phi) is 5.57. The van der Waals surface area contributed by atoms with Crippen LogP contribution >= 0.6 is 11.6 Å². The summed E-state index contributed by atoms with van der Waals surface area (Å²) in [7, 11) is 3.73. The lowest BCUT2D eigenvalue weighted by molar-refractivity contribution is -0.149. The van der Waals surface area contributed by atoms with Gasteiger partial charge in [-0.3, -0.25) is 0 Å². The van der Waals surface area contributed by atoms with E-state index in [0.29, 0.717) is 10.6 Å². The zero-order chi connectivity index (χ0) is 14.6. The second kappa shape index (κ2) is 6.73. The molecule has 1 aromatic carbocycles. The van der Waals surface area contributed by atoms with E-state index in [9.17, 15) is 9.18 Å². The van der Waals surface area contributed by atoms with Crippen molar-refractivity contribution in [2.75, 3.05) is 25.6 Å². The third-order valence-electron chi connectivity index (χ3n) is 2.69.